The van der Waals surface area contributed by atoms with Crippen LogP contribution in [-0.2, 0) is 6.18 Å². The molecule has 0 aliphatic heterocycles. The number of nitrogens with zero attached hydrogens (tertiary/aromatic N) is 3. The lowest BCUT2D eigenvalue weighted by Crippen LogP contribution is -2.07. The van der Waals surface area contributed by atoms with Crippen molar-refractivity contribution in [3.8, 4) is 16.9 Å². The summed E-state index contributed by atoms with van der Waals surface area (Å²) in [4.78, 5) is 10.6. The summed E-state index contributed by atoms with van der Waals surface area (Å²) in [5.41, 5.74) is 1.00. The first-order valence-electron chi connectivity index (χ1n) is 7.66. The fraction of sp³-hybridized carbons (Fsp3) is 0.167. The molecule has 0 saturated carbocycles. The number of aromatic nitrogens is 2. The highest BCUT2D eigenvalue weighted by atomic mass is 19.4. The Labute approximate surface area is 146 Å². The number of hydrogen-bond donors (Lipinski definition) is 0. The Morgan fingerprint density at radius 2 is 1.69 bits per heavy atom. The Kier molecular flexibility index (Phi) is 4.27. The van der Waals surface area contributed by atoms with E-state index in [1.54, 1.807) is 37.3 Å². The van der Waals surface area contributed by atoms with Crippen LogP contribution in [-0.4, -0.2) is 14.7 Å². The van der Waals surface area contributed by atoms with E-state index in [-0.39, 0.29) is 16.9 Å². The fourth-order valence-electron chi connectivity index (χ4n) is 2.57. The Bertz CT molecular complexity index is 976. The van der Waals surface area contributed by atoms with Crippen molar-refractivity contribution in [3.05, 3.63) is 75.5 Å². The molecule has 1 aromatic heterocycles. The molecule has 0 unspecified atom stereocenters. The van der Waals surface area contributed by atoms with Gasteiger partial charge in [-0.2, -0.15) is 18.3 Å². The smallest absolute Gasteiger partial charge is 0.258 e. The van der Waals surface area contributed by atoms with Gasteiger partial charge in [0, 0.05) is 17.2 Å². The molecule has 0 radical (unpaired) electrons. The van der Waals surface area contributed by atoms with Crippen molar-refractivity contribution in [2.45, 2.75) is 20.0 Å². The van der Waals surface area contributed by atoms with E-state index in [9.17, 15) is 23.3 Å². The van der Waals surface area contributed by atoms with Crippen LogP contribution in [0.2, 0.25) is 0 Å². The lowest BCUT2D eigenvalue weighted by molar-refractivity contribution is -0.385. The maximum absolute atomic E-state index is 13.2. The van der Waals surface area contributed by atoms with Crippen molar-refractivity contribution >= 4 is 5.69 Å². The van der Waals surface area contributed by atoms with Crippen LogP contribution in [0.15, 0.2) is 48.5 Å². The number of hydrogen-bond acceptors (Lipinski definition) is 3. The zero-order valence-electron chi connectivity index (χ0n) is 13.9. The summed E-state index contributed by atoms with van der Waals surface area (Å²) in [5, 5.41) is 14.8. The van der Waals surface area contributed by atoms with Gasteiger partial charge in [-0.15, -0.1) is 0 Å². The predicted octanol–water partition coefficient (Wildman–Crippen LogP) is 5.08. The molecule has 5 nitrogen and oxygen atoms in total. The largest absolute Gasteiger partial charge is 0.435 e. The second-order valence-electron chi connectivity index (χ2n) is 5.92. The Morgan fingerprint density at radius 3 is 2.27 bits per heavy atom. The lowest BCUT2D eigenvalue weighted by atomic mass is 10.1. The first kappa shape index (κ1) is 17.7. The maximum Gasteiger partial charge on any atom is 0.435 e. The molecule has 3 aromatic rings. The SMILES string of the molecule is Cc1ccc(-n2nc(C(F)(F)F)cc2-c2ccc(C)c([N+](=O)[O-])c2)cc1. The maximum atomic E-state index is 13.2. The van der Waals surface area contributed by atoms with E-state index >= 15 is 0 Å². The summed E-state index contributed by atoms with van der Waals surface area (Å²) in [7, 11) is 0. The molecular formula is C18H14F3N3O2. The van der Waals surface area contributed by atoms with E-state index in [0.29, 0.717) is 11.3 Å². The van der Waals surface area contributed by atoms with Crippen LogP contribution in [0.1, 0.15) is 16.8 Å². The molecule has 2 aromatic carbocycles. The van der Waals surface area contributed by atoms with Gasteiger partial charge in [0.2, 0.25) is 0 Å². The minimum Gasteiger partial charge on any atom is -0.258 e. The van der Waals surface area contributed by atoms with Crippen LogP contribution >= 0.6 is 0 Å². The van der Waals surface area contributed by atoms with E-state index in [0.717, 1.165) is 16.3 Å². The van der Waals surface area contributed by atoms with Gasteiger partial charge in [0.05, 0.1) is 16.3 Å². The summed E-state index contributed by atoms with van der Waals surface area (Å²) in [6.07, 6.45) is -4.62. The highest BCUT2D eigenvalue weighted by Crippen LogP contribution is 2.34. The van der Waals surface area contributed by atoms with Crippen LogP contribution in [0.5, 0.6) is 0 Å². The second kappa shape index (κ2) is 6.29. The van der Waals surface area contributed by atoms with Gasteiger partial charge in [0.1, 0.15) is 0 Å². The molecule has 0 aliphatic carbocycles. The third-order valence-corrected chi connectivity index (χ3v) is 3.98. The van der Waals surface area contributed by atoms with E-state index < -0.39 is 16.8 Å². The quantitative estimate of drug-likeness (QED) is 0.483. The first-order valence-corrected chi connectivity index (χ1v) is 7.66. The number of benzene rings is 2. The third-order valence-electron chi connectivity index (χ3n) is 3.98. The lowest BCUT2D eigenvalue weighted by Gasteiger charge is -2.09. The van der Waals surface area contributed by atoms with Crippen LogP contribution in [0, 0.1) is 24.0 Å². The molecule has 0 bridgehead atoms. The third kappa shape index (κ3) is 3.30. The van der Waals surface area contributed by atoms with Crippen LogP contribution in [0.3, 0.4) is 0 Å². The van der Waals surface area contributed by atoms with E-state index in [1.807, 2.05) is 6.92 Å². The highest BCUT2D eigenvalue weighted by Gasteiger charge is 2.35. The van der Waals surface area contributed by atoms with Crippen molar-refractivity contribution < 1.29 is 18.1 Å². The molecule has 0 atom stereocenters. The molecule has 8 heteroatoms. The molecule has 0 spiro atoms. The molecule has 0 saturated heterocycles. The number of aryl methyl sites for hydroxylation is 2. The van der Waals surface area contributed by atoms with Crippen molar-refractivity contribution in [2.24, 2.45) is 0 Å². The zero-order chi connectivity index (χ0) is 19.1. The van der Waals surface area contributed by atoms with Crippen molar-refractivity contribution in [3.63, 3.8) is 0 Å². The minimum absolute atomic E-state index is 0.129. The van der Waals surface area contributed by atoms with Crippen molar-refractivity contribution in [1.82, 2.24) is 9.78 Å². The summed E-state index contributed by atoms with van der Waals surface area (Å²) in [5.74, 6) is 0. The summed E-state index contributed by atoms with van der Waals surface area (Å²) in [6, 6.07) is 12.0. The van der Waals surface area contributed by atoms with Gasteiger partial charge in [-0.3, -0.25) is 10.1 Å². The number of rotatable bonds is 3. The predicted molar refractivity (Wildman–Crippen MR) is 90.1 cm³/mol. The zero-order valence-corrected chi connectivity index (χ0v) is 13.9. The summed E-state index contributed by atoms with van der Waals surface area (Å²) >= 11 is 0. The van der Waals surface area contributed by atoms with E-state index in [1.165, 1.54) is 12.1 Å². The van der Waals surface area contributed by atoms with Gasteiger partial charge in [0.25, 0.3) is 5.69 Å². The van der Waals surface area contributed by atoms with Gasteiger partial charge in [-0.25, -0.2) is 4.68 Å². The van der Waals surface area contributed by atoms with Crippen molar-refractivity contribution in [1.29, 1.82) is 0 Å². The summed E-state index contributed by atoms with van der Waals surface area (Å²) < 4.78 is 40.6. The molecule has 0 amide bonds. The van der Waals surface area contributed by atoms with Crippen LogP contribution in [0.4, 0.5) is 18.9 Å². The van der Waals surface area contributed by atoms with Crippen LogP contribution in [0.25, 0.3) is 16.9 Å². The van der Waals surface area contributed by atoms with Gasteiger partial charge in [0.15, 0.2) is 5.69 Å². The van der Waals surface area contributed by atoms with E-state index in [4.69, 9.17) is 0 Å². The molecule has 0 fully saturated rings. The molecule has 1 heterocycles. The standard InChI is InChI=1S/C18H14F3N3O2/c1-11-3-7-14(8-4-11)23-16(10-17(22-23)18(19,20)21)13-6-5-12(2)15(9-13)24(25)26/h3-10H,1-2H3. The normalized spacial score (nSPS) is 11.6. The highest BCUT2D eigenvalue weighted by molar-refractivity contribution is 5.67. The van der Waals surface area contributed by atoms with Crippen molar-refractivity contribution in [2.75, 3.05) is 0 Å². The second-order valence-corrected chi connectivity index (χ2v) is 5.92. The van der Waals surface area contributed by atoms with Gasteiger partial charge >= 0.3 is 6.18 Å². The number of nitro groups is 1. The molecule has 26 heavy (non-hydrogen) atoms. The fourth-order valence-corrected chi connectivity index (χ4v) is 2.57. The Morgan fingerprint density at radius 1 is 1.04 bits per heavy atom. The molecule has 3 rings (SSSR count). The molecular weight excluding hydrogens is 347 g/mol. The first-order chi connectivity index (χ1) is 12.2. The van der Waals surface area contributed by atoms with Gasteiger partial charge < -0.3 is 0 Å². The number of halogens is 3. The van der Waals surface area contributed by atoms with Crippen LogP contribution < -0.4 is 0 Å². The summed E-state index contributed by atoms with van der Waals surface area (Å²) in [6.45, 7) is 3.43. The topological polar surface area (TPSA) is 61.0 Å². The monoisotopic (exact) mass is 361 g/mol. The molecule has 134 valence electrons. The minimum atomic E-state index is -4.62. The average Bonchev–Trinajstić information content (AvgIpc) is 3.01. The number of alkyl halides is 3. The average molecular weight is 361 g/mol. The Balaban J connectivity index is 2.23. The number of nitro benzene ring substituents is 1. The van der Waals surface area contributed by atoms with Gasteiger partial charge in [-0.1, -0.05) is 29.8 Å². The van der Waals surface area contributed by atoms with Gasteiger partial charge in [-0.05, 0) is 32.0 Å². The Hall–Kier alpha value is -3.16. The van der Waals surface area contributed by atoms with E-state index in [2.05, 4.69) is 5.10 Å². The molecule has 0 aliphatic rings. The molecule has 0 N–H and O–H groups in total.